The molecule has 0 spiro atoms. The van der Waals surface area contributed by atoms with E-state index in [2.05, 4.69) is 86.5 Å². The van der Waals surface area contributed by atoms with E-state index in [4.69, 9.17) is 0 Å². The Labute approximate surface area is 212 Å². The molecule has 0 unspecified atom stereocenters. The van der Waals surface area contributed by atoms with Crippen LogP contribution >= 0.6 is 24.0 Å². The fourth-order valence-electron chi connectivity index (χ4n) is 3.80. The largest absolute Gasteiger partial charge is 0.356 e. The van der Waals surface area contributed by atoms with Crippen molar-refractivity contribution in [1.82, 2.24) is 25.4 Å². The molecule has 0 aliphatic carbocycles. The van der Waals surface area contributed by atoms with Crippen molar-refractivity contribution in [3.05, 3.63) is 114 Å². The van der Waals surface area contributed by atoms with E-state index in [1.807, 2.05) is 34.9 Å². The molecule has 4 rings (SSSR count). The molecule has 7 heteroatoms. The molecule has 0 amide bonds. The van der Waals surface area contributed by atoms with E-state index < -0.39 is 0 Å². The first-order valence-corrected chi connectivity index (χ1v) is 10.8. The lowest BCUT2D eigenvalue weighted by Crippen LogP contribution is -2.38. The molecule has 33 heavy (non-hydrogen) atoms. The highest BCUT2D eigenvalue weighted by molar-refractivity contribution is 14.0. The van der Waals surface area contributed by atoms with Gasteiger partial charge in [-0.1, -0.05) is 78.9 Å². The van der Waals surface area contributed by atoms with Gasteiger partial charge in [-0.05, 0) is 29.7 Å². The predicted octanol–water partition coefficient (Wildman–Crippen LogP) is 4.77. The van der Waals surface area contributed by atoms with Crippen molar-refractivity contribution in [2.45, 2.75) is 18.9 Å². The molecule has 0 saturated heterocycles. The van der Waals surface area contributed by atoms with E-state index in [1.165, 1.54) is 11.1 Å². The summed E-state index contributed by atoms with van der Waals surface area (Å²) in [5.74, 6) is 1.89. The Kier molecular flexibility index (Phi) is 9.44. The lowest BCUT2D eigenvalue weighted by Gasteiger charge is -2.19. The second kappa shape index (κ2) is 12.7. The summed E-state index contributed by atoms with van der Waals surface area (Å²) in [5, 5.41) is 15.1. The van der Waals surface area contributed by atoms with Gasteiger partial charge in [0, 0.05) is 25.2 Å². The summed E-state index contributed by atoms with van der Waals surface area (Å²) in [6, 6.07) is 31.4. The van der Waals surface area contributed by atoms with Gasteiger partial charge in [0.05, 0.1) is 6.54 Å². The van der Waals surface area contributed by atoms with Crippen LogP contribution in [-0.4, -0.2) is 34.3 Å². The predicted molar refractivity (Wildman–Crippen MR) is 144 cm³/mol. The van der Waals surface area contributed by atoms with E-state index >= 15 is 0 Å². The molecule has 0 aliphatic heterocycles. The highest BCUT2D eigenvalue weighted by Gasteiger charge is 2.14. The van der Waals surface area contributed by atoms with E-state index in [0.29, 0.717) is 12.5 Å². The van der Waals surface area contributed by atoms with Crippen LogP contribution in [0, 0.1) is 0 Å². The normalized spacial score (nSPS) is 11.2. The fraction of sp³-hybridized carbons (Fsp3) is 0.192. The lowest BCUT2D eigenvalue weighted by molar-refractivity contribution is 0.673. The number of para-hydroxylation sites is 1. The summed E-state index contributed by atoms with van der Waals surface area (Å²) in [7, 11) is 1.78. The number of nitrogens with one attached hydrogen (secondary N) is 2. The Hall–Kier alpha value is -3.20. The molecule has 0 fully saturated rings. The Morgan fingerprint density at radius 1 is 0.848 bits per heavy atom. The van der Waals surface area contributed by atoms with Crippen LogP contribution < -0.4 is 10.6 Å². The van der Waals surface area contributed by atoms with E-state index in [9.17, 15) is 0 Å². The number of hydrogen-bond donors (Lipinski definition) is 2. The van der Waals surface area contributed by atoms with Crippen LogP contribution in [0.2, 0.25) is 0 Å². The molecule has 3 aromatic carbocycles. The maximum absolute atomic E-state index is 4.37. The molecular weight excluding hydrogens is 523 g/mol. The Balaban J connectivity index is 0.00000306. The summed E-state index contributed by atoms with van der Waals surface area (Å²) >= 11 is 0. The van der Waals surface area contributed by atoms with Crippen molar-refractivity contribution >= 4 is 29.9 Å². The number of benzene rings is 3. The van der Waals surface area contributed by atoms with Crippen LogP contribution in [0.4, 0.5) is 0 Å². The number of nitrogens with zero attached hydrogens (tertiary/aromatic N) is 4. The van der Waals surface area contributed by atoms with Crippen molar-refractivity contribution < 1.29 is 0 Å². The fourth-order valence-corrected chi connectivity index (χ4v) is 3.80. The van der Waals surface area contributed by atoms with Crippen molar-refractivity contribution in [2.24, 2.45) is 4.99 Å². The molecule has 1 heterocycles. The zero-order chi connectivity index (χ0) is 22.0. The van der Waals surface area contributed by atoms with Gasteiger partial charge >= 0.3 is 0 Å². The third kappa shape index (κ3) is 6.64. The molecule has 0 aliphatic rings. The first-order valence-electron chi connectivity index (χ1n) is 10.8. The Morgan fingerprint density at radius 3 is 2.00 bits per heavy atom. The van der Waals surface area contributed by atoms with E-state index in [0.717, 1.165) is 30.4 Å². The molecule has 2 N–H and O–H groups in total. The maximum Gasteiger partial charge on any atom is 0.191 e. The molecule has 170 valence electrons. The highest BCUT2D eigenvalue weighted by Crippen LogP contribution is 2.27. The number of aromatic nitrogens is 3. The molecule has 0 bridgehead atoms. The van der Waals surface area contributed by atoms with Crippen molar-refractivity contribution in [3.8, 4) is 5.69 Å². The third-order valence-electron chi connectivity index (χ3n) is 5.42. The van der Waals surface area contributed by atoms with Crippen LogP contribution in [0.5, 0.6) is 0 Å². The minimum Gasteiger partial charge on any atom is -0.356 e. The van der Waals surface area contributed by atoms with Gasteiger partial charge in [0.25, 0.3) is 0 Å². The highest BCUT2D eigenvalue weighted by atomic mass is 127. The molecular formula is C26H29IN6. The minimum absolute atomic E-state index is 0. The second-order valence-corrected chi connectivity index (χ2v) is 7.47. The summed E-state index contributed by atoms with van der Waals surface area (Å²) in [6.07, 6.45) is 2.68. The van der Waals surface area contributed by atoms with Gasteiger partial charge in [0.1, 0.15) is 6.33 Å². The van der Waals surface area contributed by atoms with Gasteiger partial charge in [0.2, 0.25) is 0 Å². The van der Waals surface area contributed by atoms with Crippen molar-refractivity contribution in [3.63, 3.8) is 0 Å². The number of rotatable bonds is 8. The molecule has 0 saturated carbocycles. The van der Waals surface area contributed by atoms with Gasteiger partial charge in [-0.25, -0.2) is 0 Å². The Bertz CT molecular complexity index is 1070. The first-order chi connectivity index (χ1) is 15.8. The monoisotopic (exact) mass is 552 g/mol. The quantitative estimate of drug-likeness (QED) is 0.188. The number of halogens is 1. The second-order valence-electron chi connectivity index (χ2n) is 7.47. The van der Waals surface area contributed by atoms with Gasteiger partial charge < -0.3 is 10.6 Å². The zero-order valence-corrected chi connectivity index (χ0v) is 21.0. The van der Waals surface area contributed by atoms with Crippen molar-refractivity contribution in [1.29, 1.82) is 0 Å². The van der Waals surface area contributed by atoms with Gasteiger partial charge in [0.15, 0.2) is 11.8 Å². The standard InChI is InChI=1S/C26H28N6.HI/c1-27-26(29-19-25-31-30-20-32(25)23-15-9-4-10-16-23)28-18-17-24(21-11-5-2-6-12-21)22-13-7-3-8-14-22;/h2-16,20,24H,17-19H2,1H3,(H2,27,28,29);1H. The summed E-state index contributed by atoms with van der Waals surface area (Å²) in [6.45, 7) is 1.31. The topological polar surface area (TPSA) is 67.1 Å². The van der Waals surface area contributed by atoms with Crippen molar-refractivity contribution in [2.75, 3.05) is 13.6 Å². The zero-order valence-electron chi connectivity index (χ0n) is 18.6. The van der Waals surface area contributed by atoms with Gasteiger partial charge in [-0.3, -0.25) is 9.56 Å². The molecule has 0 radical (unpaired) electrons. The minimum atomic E-state index is 0. The molecule has 6 nitrogen and oxygen atoms in total. The molecule has 0 atom stereocenters. The number of hydrogen-bond acceptors (Lipinski definition) is 3. The SMILES string of the molecule is CN=C(NCCC(c1ccccc1)c1ccccc1)NCc1nncn1-c1ccccc1.I. The third-order valence-corrected chi connectivity index (χ3v) is 5.42. The molecule has 1 aromatic heterocycles. The van der Waals surface area contributed by atoms with E-state index in [-0.39, 0.29) is 24.0 Å². The van der Waals surface area contributed by atoms with Crippen LogP contribution in [0.1, 0.15) is 29.3 Å². The number of aliphatic imine (C=N–C) groups is 1. The van der Waals surface area contributed by atoms with E-state index in [1.54, 1.807) is 13.4 Å². The van der Waals surface area contributed by atoms with Crippen LogP contribution in [0.25, 0.3) is 5.69 Å². The average molecular weight is 552 g/mol. The molecule has 4 aromatic rings. The van der Waals surface area contributed by atoms with Gasteiger partial charge in [-0.15, -0.1) is 34.2 Å². The van der Waals surface area contributed by atoms with Crippen LogP contribution in [0.15, 0.2) is 102 Å². The first kappa shape index (κ1) is 24.4. The van der Waals surface area contributed by atoms with Gasteiger partial charge in [-0.2, -0.15) is 0 Å². The lowest BCUT2D eigenvalue weighted by atomic mass is 9.88. The summed E-state index contributed by atoms with van der Waals surface area (Å²) < 4.78 is 1.97. The Morgan fingerprint density at radius 2 is 1.42 bits per heavy atom. The van der Waals surface area contributed by atoms with Crippen LogP contribution in [-0.2, 0) is 6.54 Å². The number of guanidine groups is 1. The summed E-state index contributed by atoms with van der Waals surface area (Å²) in [4.78, 5) is 4.37. The maximum atomic E-state index is 4.37. The summed E-state index contributed by atoms with van der Waals surface area (Å²) in [5.41, 5.74) is 3.67. The smallest absolute Gasteiger partial charge is 0.191 e. The van der Waals surface area contributed by atoms with Crippen LogP contribution in [0.3, 0.4) is 0 Å². The average Bonchev–Trinajstić information content (AvgIpc) is 3.34.